The molecule has 32 heavy (non-hydrogen) atoms. The predicted molar refractivity (Wildman–Crippen MR) is 117 cm³/mol. The van der Waals surface area contributed by atoms with Crippen molar-refractivity contribution >= 4 is 5.57 Å². The van der Waals surface area contributed by atoms with Crippen LogP contribution in [0.5, 0.6) is 11.5 Å². The number of benzene rings is 3. The van der Waals surface area contributed by atoms with Crippen LogP contribution in [0.1, 0.15) is 37.5 Å². The van der Waals surface area contributed by atoms with Gasteiger partial charge in [0.2, 0.25) is 0 Å². The molecule has 0 saturated carbocycles. The van der Waals surface area contributed by atoms with Gasteiger partial charge in [-0.3, -0.25) is 0 Å². The highest BCUT2D eigenvalue weighted by Crippen LogP contribution is 2.35. The summed E-state index contributed by atoms with van der Waals surface area (Å²) in [4.78, 5) is 0. The Morgan fingerprint density at radius 3 is 2.12 bits per heavy atom. The van der Waals surface area contributed by atoms with E-state index in [1.165, 1.54) is 30.3 Å². The lowest BCUT2D eigenvalue weighted by Gasteiger charge is -2.20. The third-order valence-corrected chi connectivity index (χ3v) is 4.79. The molecule has 0 aromatic heterocycles. The van der Waals surface area contributed by atoms with Gasteiger partial charge in [0.1, 0.15) is 12.4 Å². The standard InChI is InChI=1S/C26H24F4O2/c1-25(2,3)20-12-10-19(11-13-20)22(26(28,29)30)17-31-16-18-9-14-23(27)24(15-18)32-21-7-5-4-6-8-21/h4-15,17H,16H2,1-3H3/b22-17-. The predicted octanol–water partition coefficient (Wildman–Crippen LogP) is 8.04. The zero-order valence-electron chi connectivity index (χ0n) is 18.0. The lowest BCUT2D eigenvalue weighted by molar-refractivity contribution is -0.0704. The SMILES string of the molecule is CC(C)(C)c1ccc(/C(=C/OCc2ccc(F)c(Oc3ccccc3)c2)C(F)(F)F)cc1. The molecule has 168 valence electrons. The number of hydrogen-bond donors (Lipinski definition) is 0. The highest BCUT2D eigenvalue weighted by molar-refractivity contribution is 5.69. The average Bonchev–Trinajstić information content (AvgIpc) is 2.73. The first-order chi connectivity index (χ1) is 15.0. The van der Waals surface area contributed by atoms with Crippen molar-refractivity contribution < 1.29 is 27.0 Å². The molecule has 0 amide bonds. The number of allylic oxidation sites excluding steroid dienone is 1. The Labute approximate surface area is 185 Å². The average molecular weight is 444 g/mol. The fourth-order valence-electron chi connectivity index (χ4n) is 3.00. The van der Waals surface area contributed by atoms with Crippen molar-refractivity contribution in [3.8, 4) is 11.5 Å². The van der Waals surface area contributed by atoms with E-state index in [2.05, 4.69) is 0 Å². The van der Waals surface area contributed by atoms with Crippen LogP contribution in [0.3, 0.4) is 0 Å². The quantitative estimate of drug-likeness (QED) is 0.283. The second kappa shape index (κ2) is 9.47. The normalized spacial score (nSPS) is 12.5. The molecule has 0 spiro atoms. The summed E-state index contributed by atoms with van der Waals surface area (Å²) in [7, 11) is 0. The van der Waals surface area contributed by atoms with Crippen molar-refractivity contribution in [1.29, 1.82) is 0 Å². The number of rotatable bonds is 6. The Balaban J connectivity index is 1.76. The second-order valence-electron chi connectivity index (χ2n) is 8.35. The largest absolute Gasteiger partial charge is 0.496 e. The zero-order chi connectivity index (χ0) is 23.4. The molecule has 0 heterocycles. The summed E-state index contributed by atoms with van der Waals surface area (Å²) in [5.74, 6) is -0.166. The van der Waals surface area contributed by atoms with Gasteiger partial charge in [0, 0.05) is 0 Å². The number of hydrogen-bond acceptors (Lipinski definition) is 2. The van der Waals surface area contributed by atoms with Gasteiger partial charge in [-0.1, -0.05) is 69.3 Å². The van der Waals surface area contributed by atoms with Crippen molar-refractivity contribution in [2.24, 2.45) is 0 Å². The van der Waals surface area contributed by atoms with Gasteiger partial charge in [-0.2, -0.15) is 13.2 Å². The van der Waals surface area contributed by atoms with Gasteiger partial charge in [-0.15, -0.1) is 0 Å². The minimum Gasteiger partial charge on any atom is -0.496 e. The fraction of sp³-hybridized carbons (Fsp3) is 0.231. The van der Waals surface area contributed by atoms with Crippen LogP contribution in [-0.4, -0.2) is 6.18 Å². The molecule has 0 radical (unpaired) electrons. The van der Waals surface area contributed by atoms with Gasteiger partial charge in [0.25, 0.3) is 0 Å². The van der Waals surface area contributed by atoms with Crippen LogP contribution in [0.15, 0.2) is 79.1 Å². The van der Waals surface area contributed by atoms with Gasteiger partial charge >= 0.3 is 6.18 Å². The molecule has 2 nitrogen and oxygen atoms in total. The molecular formula is C26H24F4O2. The minimum absolute atomic E-state index is 0.0118. The van der Waals surface area contributed by atoms with E-state index in [1.807, 2.05) is 20.8 Å². The van der Waals surface area contributed by atoms with Crippen LogP contribution in [0.2, 0.25) is 0 Å². The van der Waals surface area contributed by atoms with E-state index < -0.39 is 17.6 Å². The summed E-state index contributed by atoms with van der Waals surface area (Å²) in [5.41, 5.74) is 0.358. The topological polar surface area (TPSA) is 18.5 Å². The maximum Gasteiger partial charge on any atom is 0.419 e. The van der Waals surface area contributed by atoms with Crippen molar-refractivity contribution in [3.05, 3.63) is 102 Å². The van der Waals surface area contributed by atoms with Gasteiger partial charge in [0.05, 0.1) is 11.8 Å². The molecule has 0 aliphatic rings. The summed E-state index contributed by atoms with van der Waals surface area (Å²) >= 11 is 0. The zero-order valence-corrected chi connectivity index (χ0v) is 18.0. The smallest absolute Gasteiger partial charge is 0.419 e. The second-order valence-corrected chi connectivity index (χ2v) is 8.35. The molecule has 0 saturated heterocycles. The number of ether oxygens (including phenoxy) is 2. The number of alkyl halides is 3. The number of halogens is 4. The highest BCUT2D eigenvalue weighted by atomic mass is 19.4. The summed E-state index contributed by atoms with van der Waals surface area (Å²) in [6.07, 6.45) is -3.89. The maximum absolute atomic E-state index is 14.1. The van der Waals surface area contributed by atoms with Crippen LogP contribution < -0.4 is 4.74 Å². The Hall–Kier alpha value is -3.28. The maximum atomic E-state index is 14.1. The summed E-state index contributed by atoms with van der Waals surface area (Å²) in [6.45, 7) is 5.79. The van der Waals surface area contributed by atoms with E-state index in [4.69, 9.17) is 9.47 Å². The van der Waals surface area contributed by atoms with Crippen LogP contribution >= 0.6 is 0 Å². The van der Waals surface area contributed by atoms with E-state index in [0.29, 0.717) is 17.6 Å². The first-order valence-corrected chi connectivity index (χ1v) is 10.1. The third kappa shape index (κ3) is 6.13. The lowest BCUT2D eigenvalue weighted by atomic mass is 9.86. The van der Waals surface area contributed by atoms with Crippen molar-refractivity contribution in [2.45, 2.75) is 39.0 Å². The highest BCUT2D eigenvalue weighted by Gasteiger charge is 2.35. The lowest BCUT2D eigenvalue weighted by Crippen LogP contribution is -2.13. The minimum atomic E-state index is -4.59. The van der Waals surface area contributed by atoms with E-state index in [0.717, 1.165) is 5.56 Å². The molecule has 0 aliphatic heterocycles. The van der Waals surface area contributed by atoms with Crippen LogP contribution in [0.25, 0.3) is 5.57 Å². The summed E-state index contributed by atoms with van der Waals surface area (Å²) in [6, 6.07) is 18.9. The molecule has 0 N–H and O–H groups in total. The van der Waals surface area contributed by atoms with Gasteiger partial charge in [0.15, 0.2) is 11.6 Å². The molecule has 0 aliphatic carbocycles. The first kappa shape index (κ1) is 23.4. The fourth-order valence-corrected chi connectivity index (χ4v) is 3.00. The van der Waals surface area contributed by atoms with Crippen molar-refractivity contribution in [3.63, 3.8) is 0 Å². The molecule has 0 bridgehead atoms. The van der Waals surface area contributed by atoms with Crippen molar-refractivity contribution in [1.82, 2.24) is 0 Å². The van der Waals surface area contributed by atoms with E-state index in [1.54, 1.807) is 42.5 Å². The van der Waals surface area contributed by atoms with E-state index in [-0.39, 0.29) is 23.3 Å². The Morgan fingerprint density at radius 2 is 1.53 bits per heavy atom. The molecule has 3 aromatic carbocycles. The Morgan fingerprint density at radius 1 is 0.875 bits per heavy atom. The summed E-state index contributed by atoms with van der Waals surface area (Å²) in [5, 5.41) is 0. The summed E-state index contributed by atoms with van der Waals surface area (Å²) < 4.78 is 65.7. The molecule has 3 rings (SSSR count). The molecule has 3 aromatic rings. The molecule has 0 unspecified atom stereocenters. The van der Waals surface area contributed by atoms with Gasteiger partial charge < -0.3 is 9.47 Å². The Kier molecular flexibility index (Phi) is 6.92. The van der Waals surface area contributed by atoms with Crippen LogP contribution in [0, 0.1) is 5.82 Å². The van der Waals surface area contributed by atoms with Gasteiger partial charge in [-0.05, 0) is 46.4 Å². The molecule has 0 atom stereocenters. The number of para-hydroxylation sites is 1. The van der Waals surface area contributed by atoms with E-state index in [9.17, 15) is 17.6 Å². The third-order valence-electron chi connectivity index (χ3n) is 4.79. The van der Waals surface area contributed by atoms with Crippen LogP contribution in [-0.2, 0) is 16.8 Å². The first-order valence-electron chi connectivity index (χ1n) is 10.1. The monoisotopic (exact) mass is 444 g/mol. The van der Waals surface area contributed by atoms with Crippen LogP contribution in [0.4, 0.5) is 17.6 Å². The molecular weight excluding hydrogens is 420 g/mol. The van der Waals surface area contributed by atoms with E-state index >= 15 is 0 Å². The van der Waals surface area contributed by atoms with Crippen molar-refractivity contribution in [2.75, 3.05) is 0 Å². The Bertz CT molecular complexity index is 1060. The molecule has 6 heteroatoms. The molecule has 0 fully saturated rings. The van der Waals surface area contributed by atoms with Gasteiger partial charge in [-0.25, -0.2) is 4.39 Å².